The van der Waals surface area contributed by atoms with Crippen LogP contribution in [0.3, 0.4) is 0 Å². The third-order valence-corrected chi connectivity index (χ3v) is 4.97. The van der Waals surface area contributed by atoms with Crippen molar-refractivity contribution in [2.45, 2.75) is 25.4 Å². The highest BCUT2D eigenvalue weighted by atomic mass is 79.9. The van der Waals surface area contributed by atoms with Gasteiger partial charge in [0.1, 0.15) is 0 Å². The Morgan fingerprint density at radius 3 is 3.17 bits per heavy atom. The molecule has 1 fully saturated rings. The number of anilines is 1. The molecule has 0 spiro atoms. The van der Waals surface area contributed by atoms with Crippen LogP contribution in [0.25, 0.3) is 0 Å². The van der Waals surface area contributed by atoms with E-state index in [-0.39, 0.29) is 0 Å². The Morgan fingerprint density at radius 1 is 1.33 bits per heavy atom. The van der Waals surface area contributed by atoms with Crippen molar-refractivity contribution >= 4 is 21.7 Å². The van der Waals surface area contributed by atoms with E-state index >= 15 is 0 Å². The van der Waals surface area contributed by atoms with Gasteiger partial charge >= 0.3 is 0 Å². The second-order valence-corrected chi connectivity index (χ2v) is 6.91. The minimum Gasteiger partial charge on any atom is -0.454 e. The number of nitrogens with zero attached hydrogens (tertiary/aromatic N) is 3. The maximum atomic E-state index is 5.48. The highest BCUT2D eigenvalue weighted by Gasteiger charge is 2.22. The fourth-order valence-electron chi connectivity index (χ4n) is 3.20. The number of hydrogen-bond acceptors (Lipinski definition) is 6. The zero-order chi connectivity index (χ0) is 16.4. The molecule has 0 amide bonds. The van der Waals surface area contributed by atoms with E-state index in [1.165, 1.54) is 12.0 Å². The summed E-state index contributed by atoms with van der Waals surface area (Å²) in [7, 11) is 0. The Bertz CT molecular complexity index is 713. The van der Waals surface area contributed by atoms with Gasteiger partial charge in [-0.25, -0.2) is 0 Å². The van der Waals surface area contributed by atoms with Crippen molar-refractivity contribution in [3.63, 3.8) is 0 Å². The summed E-state index contributed by atoms with van der Waals surface area (Å²) in [5.74, 6) is 2.56. The lowest BCUT2D eigenvalue weighted by Crippen LogP contribution is -2.45. The van der Waals surface area contributed by atoms with Crippen molar-refractivity contribution < 1.29 is 9.47 Å². The molecule has 0 radical (unpaired) electrons. The molecule has 4 rings (SSSR count). The molecule has 7 heteroatoms. The summed E-state index contributed by atoms with van der Waals surface area (Å²) in [5.41, 5.74) is 1.18. The molecule has 0 bridgehead atoms. The fraction of sp³-hybridized carbons (Fsp3) is 0.412. The van der Waals surface area contributed by atoms with Gasteiger partial charge in [0.05, 0.1) is 4.47 Å². The summed E-state index contributed by atoms with van der Waals surface area (Å²) in [5, 5.41) is 11.8. The van der Waals surface area contributed by atoms with Crippen LogP contribution in [0.2, 0.25) is 0 Å². The van der Waals surface area contributed by atoms with Crippen molar-refractivity contribution in [1.82, 2.24) is 15.5 Å². The van der Waals surface area contributed by atoms with Gasteiger partial charge in [-0.3, -0.25) is 0 Å². The summed E-state index contributed by atoms with van der Waals surface area (Å²) in [6.45, 7) is 3.07. The van der Waals surface area contributed by atoms with Gasteiger partial charge in [0.15, 0.2) is 17.3 Å². The van der Waals surface area contributed by atoms with Crippen LogP contribution in [0.15, 0.2) is 34.9 Å². The molecule has 1 atom stereocenters. The molecule has 1 aromatic heterocycles. The van der Waals surface area contributed by atoms with Crippen LogP contribution in [0.5, 0.6) is 11.5 Å². The van der Waals surface area contributed by atoms with E-state index in [4.69, 9.17) is 9.47 Å². The molecular weight excluding hydrogens is 372 g/mol. The smallest absolute Gasteiger partial charge is 0.231 e. The van der Waals surface area contributed by atoms with Crippen molar-refractivity contribution in [3.05, 3.63) is 40.5 Å². The monoisotopic (exact) mass is 390 g/mol. The second kappa shape index (κ2) is 6.94. The summed E-state index contributed by atoms with van der Waals surface area (Å²) < 4.78 is 11.9. The van der Waals surface area contributed by atoms with E-state index in [1.54, 1.807) is 6.20 Å². The van der Waals surface area contributed by atoms with Crippen LogP contribution >= 0.6 is 15.9 Å². The first-order valence-corrected chi connectivity index (χ1v) is 8.93. The van der Waals surface area contributed by atoms with Gasteiger partial charge in [-0.15, -0.1) is 5.10 Å². The minimum absolute atomic E-state index is 0.292. The first kappa shape index (κ1) is 15.7. The van der Waals surface area contributed by atoms with E-state index in [1.807, 2.05) is 18.2 Å². The molecule has 2 aromatic rings. The standard InChI is InChI=1S/C17H19BrN4O2/c18-14-7-12(8-15-17(14)24-11-23-15)9-19-13-3-2-6-22(10-13)16-4-1-5-20-21-16/h1,4-5,7-8,13,19H,2-3,6,9-11H2. The van der Waals surface area contributed by atoms with Crippen LogP contribution in [-0.4, -0.2) is 36.1 Å². The number of rotatable bonds is 4. The molecule has 1 saturated heterocycles. The average molecular weight is 391 g/mol. The van der Waals surface area contributed by atoms with Crippen LogP contribution in [0.4, 0.5) is 5.82 Å². The fourth-order valence-corrected chi connectivity index (χ4v) is 3.80. The number of hydrogen-bond donors (Lipinski definition) is 1. The number of nitrogens with one attached hydrogen (secondary N) is 1. The molecule has 2 aliphatic rings. The lowest BCUT2D eigenvalue weighted by molar-refractivity contribution is 0.173. The molecule has 3 heterocycles. The molecule has 1 unspecified atom stereocenters. The van der Waals surface area contributed by atoms with Crippen LogP contribution in [-0.2, 0) is 6.54 Å². The molecule has 1 N–H and O–H groups in total. The number of ether oxygens (including phenoxy) is 2. The molecule has 126 valence electrons. The van der Waals surface area contributed by atoms with Gasteiger partial charge in [0, 0.05) is 31.9 Å². The highest BCUT2D eigenvalue weighted by molar-refractivity contribution is 9.10. The molecule has 0 saturated carbocycles. The first-order chi connectivity index (χ1) is 11.8. The summed E-state index contributed by atoms with van der Waals surface area (Å²) in [4.78, 5) is 2.30. The van der Waals surface area contributed by atoms with E-state index in [9.17, 15) is 0 Å². The molecule has 1 aromatic carbocycles. The van der Waals surface area contributed by atoms with Crippen LogP contribution < -0.4 is 19.7 Å². The summed E-state index contributed by atoms with van der Waals surface area (Å²) >= 11 is 3.55. The van der Waals surface area contributed by atoms with Gasteiger partial charge in [0.2, 0.25) is 6.79 Å². The quantitative estimate of drug-likeness (QED) is 0.865. The summed E-state index contributed by atoms with van der Waals surface area (Å²) in [6.07, 6.45) is 4.03. The lowest BCUT2D eigenvalue weighted by Gasteiger charge is -2.33. The maximum absolute atomic E-state index is 5.48. The Kier molecular flexibility index (Phi) is 4.53. The van der Waals surface area contributed by atoms with E-state index in [0.717, 1.165) is 47.8 Å². The highest BCUT2D eigenvalue weighted by Crippen LogP contribution is 2.40. The normalized spacial score (nSPS) is 19.5. The predicted molar refractivity (Wildman–Crippen MR) is 94.4 cm³/mol. The zero-order valence-corrected chi connectivity index (χ0v) is 14.8. The van der Waals surface area contributed by atoms with Crippen molar-refractivity contribution in [1.29, 1.82) is 0 Å². The predicted octanol–water partition coefficient (Wildman–Crippen LogP) is 2.73. The molecule has 6 nitrogen and oxygen atoms in total. The Balaban J connectivity index is 1.38. The minimum atomic E-state index is 0.292. The van der Waals surface area contributed by atoms with E-state index in [0.29, 0.717) is 12.8 Å². The van der Waals surface area contributed by atoms with Crippen molar-refractivity contribution in [2.75, 3.05) is 24.8 Å². The second-order valence-electron chi connectivity index (χ2n) is 6.06. The number of fused-ring (bicyclic) bond motifs is 1. The van der Waals surface area contributed by atoms with E-state index in [2.05, 4.69) is 42.4 Å². The SMILES string of the molecule is Brc1cc(CNC2CCCN(c3cccnn3)C2)cc2c1OCO2. The van der Waals surface area contributed by atoms with Crippen LogP contribution in [0, 0.1) is 0 Å². The van der Waals surface area contributed by atoms with Gasteiger partial charge in [-0.2, -0.15) is 5.10 Å². The van der Waals surface area contributed by atoms with Crippen molar-refractivity contribution in [3.8, 4) is 11.5 Å². The van der Waals surface area contributed by atoms with Gasteiger partial charge in [-0.1, -0.05) is 0 Å². The maximum Gasteiger partial charge on any atom is 0.231 e. The summed E-state index contributed by atoms with van der Waals surface area (Å²) in [6, 6.07) is 8.52. The Hall–Kier alpha value is -1.86. The number of benzene rings is 1. The molecule has 2 aliphatic heterocycles. The Morgan fingerprint density at radius 2 is 2.29 bits per heavy atom. The van der Waals surface area contributed by atoms with E-state index < -0.39 is 0 Å². The number of piperidine rings is 1. The average Bonchev–Trinajstić information content (AvgIpc) is 3.10. The van der Waals surface area contributed by atoms with Gasteiger partial charge < -0.3 is 19.7 Å². The third kappa shape index (κ3) is 3.32. The van der Waals surface area contributed by atoms with Gasteiger partial charge in [0.25, 0.3) is 0 Å². The first-order valence-electron chi connectivity index (χ1n) is 8.13. The lowest BCUT2D eigenvalue weighted by atomic mass is 10.1. The van der Waals surface area contributed by atoms with Crippen molar-refractivity contribution in [2.24, 2.45) is 0 Å². The number of aromatic nitrogens is 2. The zero-order valence-electron chi connectivity index (χ0n) is 13.2. The van der Waals surface area contributed by atoms with Gasteiger partial charge in [-0.05, 0) is 58.6 Å². The molecule has 24 heavy (non-hydrogen) atoms. The Labute approximate surface area is 149 Å². The third-order valence-electron chi connectivity index (χ3n) is 4.39. The largest absolute Gasteiger partial charge is 0.454 e. The number of halogens is 1. The molecular formula is C17H19BrN4O2. The van der Waals surface area contributed by atoms with Crippen LogP contribution in [0.1, 0.15) is 18.4 Å². The topological polar surface area (TPSA) is 59.5 Å². The molecule has 0 aliphatic carbocycles.